The summed E-state index contributed by atoms with van der Waals surface area (Å²) in [5.74, 6) is 0.409. The maximum atomic E-state index is 11.5. The summed E-state index contributed by atoms with van der Waals surface area (Å²) in [5, 5.41) is 0. The van der Waals surface area contributed by atoms with Gasteiger partial charge >= 0.3 is 5.97 Å². The Kier molecular flexibility index (Phi) is 13.4. The molecule has 0 amide bonds. The summed E-state index contributed by atoms with van der Waals surface area (Å²) in [6.45, 7) is 6.67. The minimum atomic E-state index is -0.106. The molecule has 0 fully saturated rings. The van der Waals surface area contributed by atoms with E-state index < -0.39 is 0 Å². The van der Waals surface area contributed by atoms with Crippen LogP contribution in [-0.4, -0.2) is 39.5 Å². The standard InChI is InChI=1S/C15H30O4/c1-4-6-8-14(5-2)13-19-15(16)9-7-10-18-12-11-17-3/h14H,4-13H2,1-3H3. The zero-order valence-electron chi connectivity index (χ0n) is 12.8. The first-order valence-corrected chi connectivity index (χ1v) is 7.46. The fourth-order valence-corrected chi connectivity index (χ4v) is 1.74. The highest BCUT2D eigenvalue weighted by Gasteiger charge is 2.09. The molecule has 114 valence electrons. The first-order valence-electron chi connectivity index (χ1n) is 7.46. The highest BCUT2D eigenvalue weighted by Crippen LogP contribution is 2.13. The molecule has 0 aliphatic rings. The van der Waals surface area contributed by atoms with Crippen molar-refractivity contribution in [3.05, 3.63) is 0 Å². The summed E-state index contributed by atoms with van der Waals surface area (Å²) in [6.07, 6.45) is 5.80. The molecule has 4 nitrogen and oxygen atoms in total. The molecule has 0 aromatic carbocycles. The fraction of sp³-hybridized carbons (Fsp3) is 0.933. The summed E-state index contributed by atoms with van der Waals surface area (Å²) in [6, 6.07) is 0. The molecule has 1 atom stereocenters. The van der Waals surface area contributed by atoms with Gasteiger partial charge in [-0.3, -0.25) is 4.79 Å². The smallest absolute Gasteiger partial charge is 0.305 e. The molecular formula is C15H30O4. The quantitative estimate of drug-likeness (QED) is 0.382. The predicted octanol–water partition coefficient (Wildman–Crippen LogP) is 3.19. The zero-order valence-corrected chi connectivity index (χ0v) is 12.8. The molecule has 0 bridgehead atoms. The number of methoxy groups -OCH3 is 1. The molecule has 0 N–H and O–H groups in total. The molecule has 0 saturated heterocycles. The Balaban J connectivity index is 3.46. The number of carbonyl (C=O) groups is 1. The van der Waals surface area contributed by atoms with E-state index in [4.69, 9.17) is 14.2 Å². The van der Waals surface area contributed by atoms with Crippen LogP contribution >= 0.6 is 0 Å². The maximum Gasteiger partial charge on any atom is 0.305 e. The van der Waals surface area contributed by atoms with Gasteiger partial charge in [-0.2, -0.15) is 0 Å². The normalized spacial score (nSPS) is 12.4. The minimum absolute atomic E-state index is 0.106. The molecule has 4 heteroatoms. The van der Waals surface area contributed by atoms with Crippen LogP contribution in [0.1, 0.15) is 52.4 Å². The van der Waals surface area contributed by atoms with Crippen LogP contribution in [0.25, 0.3) is 0 Å². The molecule has 0 spiro atoms. The van der Waals surface area contributed by atoms with Gasteiger partial charge in [-0.15, -0.1) is 0 Å². The van der Waals surface area contributed by atoms with Gasteiger partial charge in [0.25, 0.3) is 0 Å². The second-order valence-electron chi connectivity index (χ2n) is 4.81. The lowest BCUT2D eigenvalue weighted by Crippen LogP contribution is -2.14. The second-order valence-corrected chi connectivity index (χ2v) is 4.81. The van der Waals surface area contributed by atoms with E-state index >= 15 is 0 Å². The highest BCUT2D eigenvalue weighted by atomic mass is 16.5. The Bertz CT molecular complexity index is 206. The van der Waals surface area contributed by atoms with Crippen LogP contribution in [-0.2, 0) is 19.0 Å². The molecule has 0 aliphatic heterocycles. The van der Waals surface area contributed by atoms with Crippen molar-refractivity contribution in [2.75, 3.05) is 33.5 Å². The molecule has 0 aromatic rings. The van der Waals surface area contributed by atoms with E-state index in [1.807, 2.05) is 0 Å². The van der Waals surface area contributed by atoms with E-state index in [1.165, 1.54) is 12.8 Å². The first kappa shape index (κ1) is 18.4. The number of ether oxygens (including phenoxy) is 3. The second kappa shape index (κ2) is 13.8. The monoisotopic (exact) mass is 274 g/mol. The van der Waals surface area contributed by atoms with Crippen LogP contribution in [0.4, 0.5) is 0 Å². The Morgan fingerprint density at radius 3 is 2.53 bits per heavy atom. The summed E-state index contributed by atoms with van der Waals surface area (Å²) in [5.41, 5.74) is 0. The lowest BCUT2D eigenvalue weighted by molar-refractivity contribution is -0.145. The first-order chi connectivity index (χ1) is 9.24. The Hall–Kier alpha value is -0.610. The fourth-order valence-electron chi connectivity index (χ4n) is 1.74. The van der Waals surface area contributed by atoms with E-state index in [0.717, 1.165) is 12.8 Å². The van der Waals surface area contributed by atoms with Gasteiger partial charge < -0.3 is 14.2 Å². The van der Waals surface area contributed by atoms with Crippen LogP contribution in [0.2, 0.25) is 0 Å². The van der Waals surface area contributed by atoms with Crippen molar-refractivity contribution in [2.24, 2.45) is 5.92 Å². The number of hydrogen-bond donors (Lipinski definition) is 0. The Labute approximate surface area is 117 Å². The van der Waals surface area contributed by atoms with Crippen molar-refractivity contribution < 1.29 is 19.0 Å². The third-order valence-electron chi connectivity index (χ3n) is 3.12. The summed E-state index contributed by atoms with van der Waals surface area (Å²) in [7, 11) is 1.64. The van der Waals surface area contributed by atoms with E-state index in [-0.39, 0.29) is 5.97 Å². The topological polar surface area (TPSA) is 44.8 Å². The van der Waals surface area contributed by atoms with Crippen LogP contribution < -0.4 is 0 Å². The lowest BCUT2D eigenvalue weighted by Gasteiger charge is -2.14. The van der Waals surface area contributed by atoms with Gasteiger partial charge in [0.1, 0.15) is 0 Å². The minimum Gasteiger partial charge on any atom is -0.465 e. The lowest BCUT2D eigenvalue weighted by atomic mass is 10.0. The van der Waals surface area contributed by atoms with Crippen LogP contribution in [0.15, 0.2) is 0 Å². The van der Waals surface area contributed by atoms with E-state index in [9.17, 15) is 4.79 Å². The van der Waals surface area contributed by atoms with E-state index in [0.29, 0.717) is 45.2 Å². The molecule has 0 aliphatic carbocycles. The average molecular weight is 274 g/mol. The Morgan fingerprint density at radius 1 is 1.11 bits per heavy atom. The summed E-state index contributed by atoms with van der Waals surface area (Å²) in [4.78, 5) is 11.5. The van der Waals surface area contributed by atoms with Gasteiger partial charge in [-0.1, -0.05) is 33.1 Å². The number of rotatable bonds is 13. The summed E-state index contributed by atoms with van der Waals surface area (Å²) < 4.78 is 15.5. The number of hydrogen-bond acceptors (Lipinski definition) is 4. The van der Waals surface area contributed by atoms with Crippen molar-refractivity contribution >= 4 is 5.97 Å². The largest absolute Gasteiger partial charge is 0.465 e. The van der Waals surface area contributed by atoms with Crippen LogP contribution in [0, 0.1) is 5.92 Å². The Morgan fingerprint density at radius 2 is 1.89 bits per heavy atom. The molecule has 0 radical (unpaired) electrons. The molecular weight excluding hydrogens is 244 g/mol. The van der Waals surface area contributed by atoms with Crippen molar-refractivity contribution in [3.63, 3.8) is 0 Å². The van der Waals surface area contributed by atoms with Gasteiger partial charge in [-0.05, 0) is 18.8 Å². The van der Waals surface area contributed by atoms with E-state index in [1.54, 1.807) is 7.11 Å². The third-order valence-corrected chi connectivity index (χ3v) is 3.12. The molecule has 0 aromatic heterocycles. The number of carbonyl (C=O) groups excluding carboxylic acids is 1. The van der Waals surface area contributed by atoms with E-state index in [2.05, 4.69) is 13.8 Å². The number of esters is 1. The number of unbranched alkanes of at least 4 members (excludes halogenated alkanes) is 1. The maximum absolute atomic E-state index is 11.5. The average Bonchev–Trinajstić information content (AvgIpc) is 2.43. The van der Waals surface area contributed by atoms with Crippen LogP contribution in [0.5, 0.6) is 0 Å². The van der Waals surface area contributed by atoms with Gasteiger partial charge in [0.2, 0.25) is 0 Å². The third kappa shape index (κ3) is 12.2. The van der Waals surface area contributed by atoms with Crippen molar-refractivity contribution in [3.8, 4) is 0 Å². The van der Waals surface area contributed by atoms with Crippen molar-refractivity contribution in [1.29, 1.82) is 0 Å². The SMILES string of the molecule is CCCCC(CC)COC(=O)CCCOCCOC. The predicted molar refractivity (Wildman–Crippen MR) is 76.2 cm³/mol. The van der Waals surface area contributed by atoms with Gasteiger partial charge in [0, 0.05) is 20.1 Å². The zero-order chi connectivity index (χ0) is 14.3. The van der Waals surface area contributed by atoms with Crippen molar-refractivity contribution in [1.82, 2.24) is 0 Å². The molecule has 19 heavy (non-hydrogen) atoms. The highest BCUT2D eigenvalue weighted by molar-refractivity contribution is 5.69. The molecule has 0 saturated carbocycles. The molecule has 0 rings (SSSR count). The molecule has 1 unspecified atom stereocenters. The summed E-state index contributed by atoms with van der Waals surface area (Å²) >= 11 is 0. The van der Waals surface area contributed by atoms with Crippen molar-refractivity contribution in [2.45, 2.75) is 52.4 Å². The van der Waals surface area contributed by atoms with Gasteiger partial charge in [0.05, 0.1) is 19.8 Å². The van der Waals surface area contributed by atoms with Crippen LogP contribution in [0.3, 0.4) is 0 Å². The van der Waals surface area contributed by atoms with Gasteiger partial charge in [0.15, 0.2) is 0 Å². The molecule has 0 heterocycles. The van der Waals surface area contributed by atoms with Gasteiger partial charge in [-0.25, -0.2) is 0 Å².